The fraction of sp³-hybridized carbons (Fsp3) is 0.345. The normalized spacial score (nSPS) is 16.5. The number of pyridine rings is 2. The van der Waals surface area contributed by atoms with Gasteiger partial charge >= 0.3 is 12.2 Å². The van der Waals surface area contributed by atoms with E-state index in [0.29, 0.717) is 49.7 Å². The fourth-order valence-electron chi connectivity index (χ4n) is 4.76. The van der Waals surface area contributed by atoms with Gasteiger partial charge in [-0.3, -0.25) is 19.8 Å². The molecule has 1 aliphatic carbocycles. The summed E-state index contributed by atoms with van der Waals surface area (Å²) in [4.78, 5) is 25.4. The van der Waals surface area contributed by atoms with Crippen molar-refractivity contribution in [3.63, 3.8) is 0 Å². The molecular formula is C29H28F4N6O2S. The standard InChI is InChI=1S/C29H28F4N6O2S/c30-21-13-20(37-28(40)36-19-2-3-19)4-6-24(21)41-25-7-8-34-23-14-26(42-27(23)25)22-5-1-18(15-35-22)16-38-9-11-39(12-10-38)17-29(31,32)33/h1,4-8,13-15,19H,2-3,9-12,16-17H2,(H2,36,37,40). The lowest BCUT2D eigenvalue weighted by molar-refractivity contribution is -0.149. The summed E-state index contributed by atoms with van der Waals surface area (Å²) in [6.45, 7) is 1.65. The first-order valence-corrected chi connectivity index (χ1v) is 14.4. The highest BCUT2D eigenvalue weighted by molar-refractivity contribution is 7.22. The SMILES string of the molecule is O=C(Nc1ccc(Oc2ccnc3cc(-c4ccc(CN5CCN(CC(F)(F)F)CC5)cn4)sc23)c(F)c1)NC1CC1. The second kappa shape index (κ2) is 11.8. The van der Waals surface area contributed by atoms with Crippen LogP contribution in [0.5, 0.6) is 11.5 Å². The zero-order valence-electron chi connectivity index (χ0n) is 22.5. The number of halogens is 4. The minimum absolute atomic E-state index is 0.0207. The van der Waals surface area contributed by atoms with Crippen LogP contribution in [0.4, 0.5) is 28.0 Å². The lowest BCUT2D eigenvalue weighted by atomic mass is 10.2. The van der Waals surface area contributed by atoms with Crippen LogP contribution in [-0.4, -0.2) is 70.7 Å². The van der Waals surface area contributed by atoms with Crippen molar-refractivity contribution >= 4 is 33.3 Å². The molecule has 3 aromatic heterocycles. The molecule has 0 radical (unpaired) electrons. The zero-order valence-corrected chi connectivity index (χ0v) is 23.3. The van der Waals surface area contributed by atoms with Crippen LogP contribution in [-0.2, 0) is 6.54 Å². The molecule has 2 amide bonds. The van der Waals surface area contributed by atoms with Crippen LogP contribution < -0.4 is 15.4 Å². The van der Waals surface area contributed by atoms with Crippen molar-refractivity contribution in [3.8, 4) is 22.1 Å². The van der Waals surface area contributed by atoms with Gasteiger partial charge in [-0.25, -0.2) is 9.18 Å². The zero-order chi connectivity index (χ0) is 29.3. The van der Waals surface area contributed by atoms with E-state index < -0.39 is 18.5 Å². The smallest absolute Gasteiger partial charge is 0.401 e. The summed E-state index contributed by atoms with van der Waals surface area (Å²) < 4.78 is 59.4. The molecule has 1 aliphatic heterocycles. The van der Waals surface area contributed by atoms with Crippen molar-refractivity contribution in [1.29, 1.82) is 0 Å². The van der Waals surface area contributed by atoms with Crippen LogP contribution in [0.25, 0.3) is 20.8 Å². The van der Waals surface area contributed by atoms with Gasteiger partial charge in [0.25, 0.3) is 0 Å². The minimum Gasteiger partial charge on any atom is -0.453 e. The van der Waals surface area contributed by atoms with Gasteiger partial charge in [0.15, 0.2) is 11.6 Å². The van der Waals surface area contributed by atoms with Gasteiger partial charge in [-0.05, 0) is 42.7 Å². The molecule has 2 N–H and O–H groups in total. The fourth-order valence-corrected chi connectivity index (χ4v) is 5.80. The molecule has 1 saturated heterocycles. The molecule has 2 fully saturated rings. The number of nitrogens with one attached hydrogen (secondary N) is 2. The molecule has 4 aromatic rings. The van der Waals surface area contributed by atoms with E-state index in [2.05, 4.69) is 25.5 Å². The highest BCUT2D eigenvalue weighted by atomic mass is 32.1. The third kappa shape index (κ3) is 7.15. The Morgan fingerprint density at radius 1 is 1.00 bits per heavy atom. The number of amides is 2. The lowest BCUT2D eigenvalue weighted by Crippen LogP contribution is -2.48. The number of hydrogen-bond donors (Lipinski definition) is 2. The third-order valence-corrected chi connectivity index (χ3v) is 8.21. The Labute approximate surface area is 243 Å². The first-order chi connectivity index (χ1) is 20.2. The predicted octanol–water partition coefficient (Wildman–Crippen LogP) is 6.25. The molecule has 220 valence electrons. The van der Waals surface area contributed by atoms with Gasteiger partial charge in [0.05, 0.1) is 27.3 Å². The Hall–Kier alpha value is -3.81. The number of benzene rings is 1. The number of carbonyl (C=O) groups is 1. The van der Waals surface area contributed by atoms with E-state index in [0.717, 1.165) is 33.7 Å². The Morgan fingerprint density at radius 2 is 1.79 bits per heavy atom. The number of urea groups is 1. The third-order valence-electron chi connectivity index (χ3n) is 7.05. The topological polar surface area (TPSA) is 82.6 Å². The maximum atomic E-state index is 14.9. The monoisotopic (exact) mass is 600 g/mol. The van der Waals surface area contributed by atoms with Crippen molar-refractivity contribution in [2.24, 2.45) is 0 Å². The van der Waals surface area contributed by atoms with Crippen molar-refractivity contribution in [2.45, 2.75) is 31.6 Å². The molecule has 4 heterocycles. The Morgan fingerprint density at radius 3 is 2.48 bits per heavy atom. The van der Waals surface area contributed by atoms with E-state index in [1.165, 1.54) is 28.4 Å². The summed E-state index contributed by atoms with van der Waals surface area (Å²) >= 11 is 1.43. The van der Waals surface area contributed by atoms with E-state index in [1.54, 1.807) is 24.5 Å². The number of carbonyl (C=O) groups excluding carboxylic acids is 1. The highest BCUT2D eigenvalue weighted by Crippen LogP contribution is 2.39. The number of nitrogens with zero attached hydrogens (tertiary/aromatic N) is 4. The predicted molar refractivity (Wildman–Crippen MR) is 152 cm³/mol. The van der Waals surface area contributed by atoms with Gasteiger partial charge in [-0.1, -0.05) is 6.07 Å². The van der Waals surface area contributed by atoms with Crippen LogP contribution in [0.3, 0.4) is 0 Å². The number of thiophene rings is 1. The average Bonchev–Trinajstić information content (AvgIpc) is 3.64. The first-order valence-electron chi connectivity index (χ1n) is 13.6. The molecular weight excluding hydrogens is 572 g/mol. The number of hydrogen-bond acceptors (Lipinski definition) is 7. The number of aromatic nitrogens is 2. The maximum absolute atomic E-state index is 14.9. The van der Waals surface area contributed by atoms with Crippen LogP contribution in [0.2, 0.25) is 0 Å². The van der Waals surface area contributed by atoms with Crippen molar-refractivity contribution in [3.05, 3.63) is 66.2 Å². The van der Waals surface area contributed by atoms with Crippen molar-refractivity contribution < 1.29 is 27.1 Å². The summed E-state index contributed by atoms with van der Waals surface area (Å²) in [7, 11) is 0. The first kappa shape index (κ1) is 28.3. The lowest BCUT2D eigenvalue weighted by Gasteiger charge is -2.34. The van der Waals surface area contributed by atoms with E-state index in [-0.39, 0.29) is 17.8 Å². The van der Waals surface area contributed by atoms with E-state index in [1.807, 2.05) is 18.2 Å². The Balaban J connectivity index is 1.10. The summed E-state index contributed by atoms with van der Waals surface area (Å²) in [6.07, 6.45) is 1.11. The summed E-state index contributed by atoms with van der Waals surface area (Å²) in [6, 6.07) is 11.5. The molecule has 0 atom stereocenters. The molecule has 1 aromatic carbocycles. The van der Waals surface area contributed by atoms with Crippen LogP contribution in [0.1, 0.15) is 18.4 Å². The number of piperazine rings is 1. The quantitative estimate of drug-likeness (QED) is 0.233. The molecule has 8 nitrogen and oxygen atoms in total. The Bertz CT molecular complexity index is 1570. The molecule has 1 saturated carbocycles. The van der Waals surface area contributed by atoms with Crippen molar-refractivity contribution in [2.75, 3.05) is 38.0 Å². The molecule has 13 heteroatoms. The van der Waals surface area contributed by atoms with E-state index in [9.17, 15) is 22.4 Å². The van der Waals surface area contributed by atoms with Crippen LogP contribution >= 0.6 is 11.3 Å². The second-order valence-corrected chi connectivity index (χ2v) is 11.5. The second-order valence-electron chi connectivity index (χ2n) is 10.5. The van der Waals surface area contributed by atoms with Gasteiger partial charge in [-0.2, -0.15) is 13.2 Å². The van der Waals surface area contributed by atoms with Gasteiger partial charge in [0.1, 0.15) is 5.75 Å². The largest absolute Gasteiger partial charge is 0.453 e. The summed E-state index contributed by atoms with van der Waals surface area (Å²) in [5, 5.41) is 5.42. The van der Waals surface area contributed by atoms with Crippen LogP contribution in [0.15, 0.2) is 54.9 Å². The molecule has 0 spiro atoms. The van der Waals surface area contributed by atoms with Gasteiger partial charge in [0.2, 0.25) is 0 Å². The Kier molecular flexibility index (Phi) is 7.97. The number of ether oxygens (including phenoxy) is 1. The van der Waals surface area contributed by atoms with Gasteiger partial charge in [-0.15, -0.1) is 11.3 Å². The average molecular weight is 601 g/mol. The van der Waals surface area contributed by atoms with Gasteiger partial charge in [0, 0.05) is 69.0 Å². The molecule has 6 rings (SSSR count). The van der Waals surface area contributed by atoms with Crippen LogP contribution in [0, 0.1) is 5.82 Å². The van der Waals surface area contributed by atoms with E-state index in [4.69, 9.17) is 4.74 Å². The molecule has 42 heavy (non-hydrogen) atoms. The van der Waals surface area contributed by atoms with Crippen molar-refractivity contribution in [1.82, 2.24) is 25.1 Å². The number of alkyl halides is 3. The molecule has 0 unspecified atom stereocenters. The van der Waals surface area contributed by atoms with Gasteiger partial charge < -0.3 is 15.4 Å². The highest BCUT2D eigenvalue weighted by Gasteiger charge is 2.32. The molecule has 2 aliphatic rings. The number of rotatable bonds is 8. The summed E-state index contributed by atoms with van der Waals surface area (Å²) in [5.74, 6) is -0.143. The number of anilines is 1. The number of fused-ring (bicyclic) bond motifs is 1. The minimum atomic E-state index is -4.18. The summed E-state index contributed by atoms with van der Waals surface area (Å²) in [5.41, 5.74) is 2.73. The molecule has 0 bridgehead atoms. The van der Waals surface area contributed by atoms with E-state index >= 15 is 0 Å². The maximum Gasteiger partial charge on any atom is 0.401 e.